The fourth-order valence-corrected chi connectivity index (χ4v) is 15.4. The zero-order chi connectivity index (χ0) is 45.9. The van der Waals surface area contributed by atoms with E-state index >= 15 is 0 Å². The van der Waals surface area contributed by atoms with Crippen molar-refractivity contribution < 1.29 is 0 Å². The Morgan fingerprint density at radius 3 is 1.27 bits per heavy atom. The van der Waals surface area contributed by atoms with E-state index < -0.39 is 8.07 Å². The van der Waals surface area contributed by atoms with Gasteiger partial charge in [0.2, 0.25) is 0 Å². The molecule has 0 aromatic heterocycles. The summed E-state index contributed by atoms with van der Waals surface area (Å²) in [7, 11) is -2.59. The zero-order valence-corrected chi connectivity index (χ0v) is 41.2. The summed E-state index contributed by atoms with van der Waals surface area (Å²) in [6, 6.07) is 69.6. The minimum atomic E-state index is -2.59. The van der Waals surface area contributed by atoms with Gasteiger partial charge in [-0.25, -0.2) is 0 Å². The average molecular weight is 874 g/mol. The molecule has 11 rings (SSSR count). The molecule has 8 aromatic rings. The predicted molar refractivity (Wildman–Crippen MR) is 288 cm³/mol. The van der Waals surface area contributed by atoms with E-state index in [2.05, 4.69) is 266 Å². The van der Waals surface area contributed by atoms with E-state index in [1.165, 1.54) is 82.8 Å². The van der Waals surface area contributed by atoms with Crippen molar-refractivity contribution in [3.05, 3.63) is 199 Å². The van der Waals surface area contributed by atoms with Gasteiger partial charge in [-0.1, -0.05) is 188 Å². The molecule has 1 atom stereocenters. The van der Waals surface area contributed by atoms with Crippen LogP contribution in [0, 0.1) is 0 Å². The third-order valence-electron chi connectivity index (χ3n) is 14.7. The Morgan fingerprint density at radius 2 is 0.818 bits per heavy atom. The average Bonchev–Trinajstić information content (AvgIpc) is 3.30. The summed E-state index contributed by atoms with van der Waals surface area (Å²) < 4.78 is 0. The van der Waals surface area contributed by atoms with E-state index in [0.29, 0.717) is 0 Å². The quantitative estimate of drug-likeness (QED) is 0.154. The second-order valence-electron chi connectivity index (χ2n) is 22.0. The predicted octanol–water partition coefficient (Wildman–Crippen LogP) is 12.5. The SMILES string of the molecule is CC(C)(C)c1ccc(N2c3cc(N(c4ccccc4)c4ccccc4)cc4c3B3c5c2cccc5[Si](C)(c2ccccc2)c2cccc(c23)N4c2cc(C(C)(C)C)cc(C(C)(C)C)c2)cc1. The number of nitrogens with zero attached hydrogens (tertiary/aromatic N) is 3. The van der Waals surface area contributed by atoms with E-state index in [9.17, 15) is 0 Å². The van der Waals surface area contributed by atoms with Crippen molar-refractivity contribution in [1.29, 1.82) is 0 Å². The number of rotatable bonds is 6. The molecule has 3 nitrogen and oxygen atoms in total. The molecule has 0 spiro atoms. The molecule has 8 aromatic carbocycles. The molecule has 5 heteroatoms. The molecule has 3 aliphatic heterocycles. The minimum absolute atomic E-state index is 0.0274. The summed E-state index contributed by atoms with van der Waals surface area (Å²) in [6.07, 6.45) is 0. The summed E-state index contributed by atoms with van der Waals surface area (Å²) in [5.41, 5.74) is 18.9. The van der Waals surface area contributed by atoms with Gasteiger partial charge in [-0.05, 0) is 127 Å². The van der Waals surface area contributed by atoms with Crippen LogP contribution < -0.4 is 46.6 Å². The second-order valence-corrected chi connectivity index (χ2v) is 25.9. The lowest BCUT2D eigenvalue weighted by molar-refractivity contribution is 0.569. The third kappa shape index (κ3) is 6.53. The summed E-state index contributed by atoms with van der Waals surface area (Å²) >= 11 is 0. The molecule has 0 aliphatic carbocycles. The Balaban J connectivity index is 1.31. The maximum atomic E-state index is 2.66. The van der Waals surface area contributed by atoms with Gasteiger partial charge in [-0.3, -0.25) is 0 Å². The molecule has 0 bridgehead atoms. The molecule has 3 heterocycles. The van der Waals surface area contributed by atoms with Crippen LogP contribution in [0.25, 0.3) is 0 Å². The maximum Gasteiger partial charge on any atom is 0.251 e. The lowest BCUT2D eigenvalue weighted by Crippen LogP contribution is -2.83. The van der Waals surface area contributed by atoms with Crippen molar-refractivity contribution in [2.45, 2.75) is 85.1 Å². The Bertz CT molecular complexity index is 3090. The van der Waals surface area contributed by atoms with Gasteiger partial charge in [-0.15, -0.1) is 0 Å². The van der Waals surface area contributed by atoms with E-state index in [1.807, 2.05) is 0 Å². The Hall–Kier alpha value is -6.56. The highest BCUT2D eigenvalue weighted by atomic mass is 28.3. The van der Waals surface area contributed by atoms with Crippen molar-refractivity contribution in [3.63, 3.8) is 0 Å². The van der Waals surface area contributed by atoms with Crippen molar-refractivity contribution in [2.75, 3.05) is 14.7 Å². The van der Waals surface area contributed by atoms with Crippen LogP contribution >= 0.6 is 0 Å². The first-order chi connectivity index (χ1) is 31.5. The van der Waals surface area contributed by atoms with E-state index in [4.69, 9.17) is 0 Å². The Morgan fingerprint density at radius 1 is 0.379 bits per heavy atom. The molecule has 326 valence electrons. The molecule has 0 fully saturated rings. The first-order valence-corrected chi connectivity index (χ1v) is 26.3. The van der Waals surface area contributed by atoms with E-state index in [0.717, 1.165) is 17.1 Å². The topological polar surface area (TPSA) is 9.72 Å². The normalized spacial score (nSPS) is 16.0. The summed E-state index contributed by atoms with van der Waals surface area (Å²) in [5.74, 6) is 0. The lowest BCUT2D eigenvalue weighted by Gasteiger charge is -2.51. The van der Waals surface area contributed by atoms with E-state index in [-0.39, 0.29) is 23.0 Å². The number of para-hydroxylation sites is 2. The highest BCUT2D eigenvalue weighted by Gasteiger charge is 2.54. The molecule has 0 radical (unpaired) electrons. The minimum Gasteiger partial charge on any atom is -0.311 e. The molecular weight excluding hydrogens is 814 g/mol. The number of hydrogen-bond donors (Lipinski definition) is 0. The summed E-state index contributed by atoms with van der Waals surface area (Å²) in [6.45, 7) is 23.7. The Labute approximate surface area is 394 Å². The molecular formula is C61H60BN3Si. The van der Waals surface area contributed by atoms with Crippen molar-refractivity contribution in [2.24, 2.45) is 0 Å². The zero-order valence-electron chi connectivity index (χ0n) is 40.2. The van der Waals surface area contributed by atoms with Gasteiger partial charge in [0.05, 0.1) is 5.69 Å². The van der Waals surface area contributed by atoms with Crippen LogP contribution in [0.1, 0.15) is 79.0 Å². The van der Waals surface area contributed by atoms with Crippen LogP contribution in [0.2, 0.25) is 6.55 Å². The van der Waals surface area contributed by atoms with Crippen LogP contribution in [-0.4, -0.2) is 14.8 Å². The molecule has 0 saturated heterocycles. The number of anilines is 9. The second kappa shape index (κ2) is 15.0. The fraction of sp³-hybridized carbons (Fsp3) is 0.213. The monoisotopic (exact) mass is 873 g/mol. The number of benzene rings is 8. The standard InChI is InChI=1S/C61H60BN3Si/c1-59(2,3)41-32-34-46(35-33-41)64-50-28-20-30-54-57(50)62-56-52(64)39-48(63(44-22-14-11-15-23-44)45-24-16-12-17-25-45)40-53(56)65(47-37-42(60(4,5)6)36-43(38-47)61(7,8)9)51-29-21-31-55(58(51)62)66(54,10)49-26-18-13-19-27-49/h11-40H,1-10H3. The first kappa shape index (κ1) is 42.1. The van der Waals surface area contributed by atoms with E-state index in [1.54, 1.807) is 0 Å². The largest absolute Gasteiger partial charge is 0.311 e. The highest BCUT2D eigenvalue weighted by molar-refractivity contribution is 7.21. The molecule has 0 saturated carbocycles. The van der Waals surface area contributed by atoms with Gasteiger partial charge in [0, 0.05) is 45.5 Å². The van der Waals surface area contributed by atoms with Gasteiger partial charge in [-0.2, -0.15) is 0 Å². The van der Waals surface area contributed by atoms with Crippen LogP contribution in [0.15, 0.2) is 182 Å². The van der Waals surface area contributed by atoms with Gasteiger partial charge in [0.15, 0.2) is 0 Å². The summed E-state index contributed by atoms with van der Waals surface area (Å²) in [4.78, 5) is 7.72. The molecule has 66 heavy (non-hydrogen) atoms. The van der Waals surface area contributed by atoms with Gasteiger partial charge < -0.3 is 14.7 Å². The van der Waals surface area contributed by atoms with Crippen LogP contribution in [-0.2, 0) is 16.2 Å². The highest BCUT2D eigenvalue weighted by Crippen LogP contribution is 2.49. The lowest BCUT2D eigenvalue weighted by atomic mass is 9.33. The maximum absolute atomic E-state index is 2.66. The fourth-order valence-electron chi connectivity index (χ4n) is 11.2. The molecule has 0 amide bonds. The Kier molecular flexibility index (Phi) is 9.56. The molecule has 1 unspecified atom stereocenters. The van der Waals surface area contributed by atoms with Crippen molar-refractivity contribution >= 4 is 97.9 Å². The van der Waals surface area contributed by atoms with Gasteiger partial charge in [0.25, 0.3) is 6.71 Å². The van der Waals surface area contributed by atoms with Crippen molar-refractivity contribution in [3.8, 4) is 0 Å². The molecule has 0 N–H and O–H groups in total. The van der Waals surface area contributed by atoms with Crippen LogP contribution in [0.3, 0.4) is 0 Å². The third-order valence-corrected chi connectivity index (χ3v) is 19.2. The smallest absolute Gasteiger partial charge is 0.251 e. The van der Waals surface area contributed by atoms with Crippen LogP contribution in [0.4, 0.5) is 51.2 Å². The molecule has 3 aliphatic rings. The van der Waals surface area contributed by atoms with Gasteiger partial charge in [0.1, 0.15) is 8.07 Å². The summed E-state index contributed by atoms with van der Waals surface area (Å²) in [5, 5.41) is 4.45. The van der Waals surface area contributed by atoms with Crippen molar-refractivity contribution in [1.82, 2.24) is 0 Å². The van der Waals surface area contributed by atoms with Gasteiger partial charge >= 0.3 is 0 Å². The van der Waals surface area contributed by atoms with Crippen LogP contribution in [0.5, 0.6) is 0 Å². The first-order valence-electron chi connectivity index (χ1n) is 23.8. The number of hydrogen-bond acceptors (Lipinski definition) is 3.